The molecule has 0 radical (unpaired) electrons. The Balaban J connectivity index is 1.55. The van der Waals surface area contributed by atoms with E-state index in [1.165, 1.54) is 38.4 Å². The number of carbonyl (C=O) groups excluding carboxylic acids is 2. The Morgan fingerprint density at radius 3 is 2.55 bits per heavy atom. The minimum atomic E-state index is -2.02. The fourth-order valence-electron chi connectivity index (χ4n) is 8.72. The lowest BCUT2D eigenvalue weighted by atomic mass is 9.49. The lowest BCUT2D eigenvalue weighted by Crippen LogP contribution is -2.49. The first-order valence-electron chi connectivity index (χ1n) is 13.1. The van der Waals surface area contributed by atoms with E-state index < -0.39 is 22.8 Å². The van der Waals surface area contributed by atoms with Gasteiger partial charge in [0.2, 0.25) is 11.4 Å². The van der Waals surface area contributed by atoms with Crippen molar-refractivity contribution in [1.82, 2.24) is 0 Å². The summed E-state index contributed by atoms with van der Waals surface area (Å²) in [6.07, 6.45) is 10.3. The van der Waals surface area contributed by atoms with E-state index in [1.807, 2.05) is 0 Å². The summed E-state index contributed by atoms with van der Waals surface area (Å²) < 4.78 is 4.83. The maximum atomic E-state index is 13.1. The molecule has 0 aliphatic heterocycles. The van der Waals surface area contributed by atoms with Crippen molar-refractivity contribution in [3.63, 3.8) is 0 Å². The van der Waals surface area contributed by atoms with E-state index in [4.69, 9.17) is 4.74 Å². The Bertz CT molecular complexity index is 871. The third-order valence-electron chi connectivity index (χ3n) is 10.7. The molecule has 3 fully saturated rings. The van der Waals surface area contributed by atoms with Crippen LogP contribution in [0, 0.1) is 46.3 Å². The van der Waals surface area contributed by atoms with Crippen molar-refractivity contribution >= 4 is 11.8 Å². The molecule has 4 heteroatoms. The molecule has 0 heterocycles. The minimum Gasteiger partial charge on any atom is -0.467 e. The van der Waals surface area contributed by atoms with Crippen LogP contribution in [0.1, 0.15) is 86.0 Å². The zero-order chi connectivity index (χ0) is 24.3. The lowest BCUT2D eigenvalue weighted by Gasteiger charge is -2.55. The molecular formula is C29H44O4. The first-order chi connectivity index (χ1) is 15.4. The van der Waals surface area contributed by atoms with E-state index in [0.29, 0.717) is 40.6 Å². The van der Waals surface area contributed by atoms with Crippen LogP contribution in [-0.4, -0.2) is 29.6 Å². The maximum Gasteiger partial charge on any atom is 0.346 e. The topological polar surface area (TPSA) is 63.6 Å². The second kappa shape index (κ2) is 8.36. The highest BCUT2D eigenvalue weighted by atomic mass is 16.5. The molecule has 4 aliphatic carbocycles. The van der Waals surface area contributed by atoms with Crippen LogP contribution in [0.3, 0.4) is 0 Å². The molecule has 4 rings (SSSR count). The summed E-state index contributed by atoms with van der Waals surface area (Å²) in [6.45, 7) is 15.9. The predicted octanol–water partition coefficient (Wildman–Crippen LogP) is 5.89. The second-order valence-electron chi connectivity index (χ2n) is 12.6. The molecule has 0 spiro atoms. The van der Waals surface area contributed by atoms with Crippen molar-refractivity contribution in [2.45, 2.75) is 91.6 Å². The third kappa shape index (κ3) is 3.58. The number of Topliss-reactive ketones (excluding diaryl/α,β-unsaturated/α-hetero) is 1. The summed E-state index contributed by atoms with van der Waals surface area (Å²) in [4.78, 5) is 25.5. The standard InChI is InChI=1S/C29H44O4/c1-17(2)18(3)8-9-19(4)21-12-13-22-20-10-11-24-25(30)29(32,26(31)33-7)16-28(24,6)23(20)14-15-27(21,22)5/h11,17,19-23,32H,3,8-10,12-16H2,1-2,4-7H3/t19-,20+,21-,22+,23+,27-,28-,29+/m1/s1. The number of carbonyl (C=O) groups is 2. The van der Waals surface area contributed by atoms with Gasteiger partial charge in [0.25, 0.3) is 0 Å². The molecule has 8 atom stereocenters. The van der Waals surface area contributed by atoms with E-state index in [0.717, 1.165) is 25.2 Å². The molecule has 0 unspecified atom stereocenters. The van der Waals surface area contributed by atoms with Gasteiger partial charge in [0, 0.05) is 17.4 Å². The van der Waals surface area contributed by atoms with Gasteiger partial charge in [-0.15, -0.1) is 0 Å². The Morgan fingerprint density at radius 1 is 1.21 bits per heavy atom. The molecule has 0 amide bonds. The highest BCUT2D eigenvalue weighted by Crippen LogP contribution is 2.68. The van der Waals surface area contributed by atoms with Crippen LogP contribution in [0.5, 0.6) is 0 Å². The van der Waals surface area contributed by atoms with Crippen molar-refractivity contribution in [2.24, 2.45) is 46.3 Å². The number of ketones is 1. The zero-order valence-corrected chi connectivity index (χ0v) is 21.6. The summed E-state index contributed by atoms with van der Waals surface area (Å²) in [6, 6.07) is 0. The Morgan fingerprint density at radius 2 is 1.91 bits per heavy atom. The van der Waals surface area contributed by atoms with Gasteiger partial charge in [0.05, 0.1) is 7.11 Å². The monoisotopic (exact) mass is 456 g/mol. The minimum absolute atomic E-state index is 0.166. The van der Waals surface area contributed by atoms with Crippen molar-refractivity contribution in [1.29, 1.82) is 0 Å². The number of ether oxygens (including phenoxy) is 1. The van der Waals surface area contributed by atoms with Gasteiger partial charge in [-0.2, -0.15) is 0 Å². The Labute approximate surface area is 200 Å². The average Bonchev–Trinajstić information content (AvgIpc) is 3.23. The summed E-state index contributed by atoms with van der Waals surface area (Å²) in [5.41, 5.74) is -0.0788. The number of aliphatic hydroxyl groups is 1. The molecular weight excluding hydrogens is 412 g/mol. The highest BCUT2D eigenvalue weighted by molar-refractivity contribution is 6.18. The SMILES string of the molecule is C=C(CC[C@@H](C)[C@H]1CC[C@H]2[C@@H]3CC=C4C(=O)[C@](O)(C(=O)OC)C[C@]4(C)[C@H]3CC[C@]12C)C(C)C. The second-order valence-corrected chi connectivity index (χ2v) is 12.6. The van der Waals surface area contributed by atoms with Gasteiger partial charge in [-0.3, -0.25) is 4.79 Å². The predicted molar refractivity (Wildman–Crippen MR) is 130 cm³/mol. The number of esters is 1. The van der Waals surface area contributed by atoms with Crippen molar-refractivity contribution in [3.05, 3.63) is 23.8 Å². The zero-order valence-electron chi connectivity index (χ0n) is 21.6. The first-order valence-corrected chi connectivity index (χ1v) is 13.1. The van der Waals surface area contributed by atoms with E-state index in [-0.39, 0.29) is 6.42 Å². The maximum absolute atomic E-state index is 13.1. The molecule has 0 aromatic rings. The van der Waals surface area contributed by atoms with Crippen LogP contribution in [0.2, 0.25) is 0 Å². The molecule has 3 saturated carbocycles. The number of allylic oxidation sites excluding steroid dienone is 2. The number of methoxy groups -OCH3 is 1. The lowest BCUT2D eigenvalue weighted by molar-refractivity contribution is -0.166. The van der Waals surface area contributed by atoms with E-state index in [9.17, 15) is 14.7 Å². The van der Waals surface area contributed by atoms with E-state index in [1.54, 1.807) is 0 Å². The van der Waals surface area contributed by atoms with Crippen molar-refractivity contribution in [2.75, 3.05) is 7.11 Å². The van der Waals surface area contributed by atoms with Crippen LogP contribution in [0.15, 0.2) is 23.8 Å². The normalized spacial score (nSPS) is 42.9. The fraction of sp³-hybridized carbons (Fsp3) is 0.793. The van der Waals surface area contributed by atoms with Crippen molar-refractivity contribution < 1.29 is 19.4 Å². The summed E-state index contributed by atoms with van der Waals surface area (Å²) in [7, 11) is 1.25. The van der Waals surface area contributed by atoms with Gasteiger partial charge in [0.1, 0.15) is 0 Å². The number of rotatable bonds is 6. The van der Waals surface area contributed by atoms with Crippen LogP contribution in [0.25, 0.3) is 0 Å². The molecule has 1 N–H and O–H groups in total. The third-order valence-corrected chi connectivity index (χ3v) is 10.7. The quantitative estimate of drug-likeness (QED) is 0.308. The van der Waals surface area contributed by atoms with Crippen LogP contribution >= 0.6 is 0 Å². The molecule has 4 aliphatic rings. The number of hydrogen-bond donors (Lipinski definition) is 1. The summed E-state index contributed by atoms with van der Waals surface area (Å²) in [5, 5.41) is 11.0. The van der Waals surface area contributed by atoms with E-state index in [2.05, 4.69) is 47.3 Å². The van der Waals surface area contributed by atoms with Gasteiger partial charge >= 0.3 is 5.97 Å². The number of hydrogen-bond acceptors (Lipinski definition) is 4. The summed E-state index contributed by atoms with van der Waals surface area (Å²) >= 11 is 0. The largest absolute Gasteiger partial charge is 0.467 e. The smallest absolute Gasteiger partial charge is 0.346 e. The molecule has 184 valence electrons. The van der Waals surface area contributed by atoms with Crippen LogP contribution in [0.4, 0.5) is 0 Å². The molecule has 4 nitrogen and oxygen atoms in total. The molecule has 0 aromatic carbocycles. The van der Waals surface area contributed by atoms with Gasteiger partial charge in [-0.05, 0) is 85.9 Å². The van der Waals surface area contributed by atoms with Crippen molar-refractivity contribution in [3.8, 4) is 0 Å². The Kier molecular flexibility index (Phi) is 6.26. The van der Waals surface area contributed by atoms with Crippen LogP contribution in [-0.2, 0) is 14.3 Å². The number of fused-ring (bicyclic) bond motifs is 5. The van der Waals surface area contributed by atoms with Gasteiger partial charge in [-0.25, -0.2) is 4.79 Å². The van der Waals surface area contributed by atoms with E-state index >= 15 is 0 Å². The summed E-state index contributed by atoms with van der Waals surface area (Å²) in [5.74, 6) is 2.26. The molecule has 0 aromatic heterocycles. The molecule has 0 bridgehead atoms. The van der Waals surface area contributed by atoms with Gasteiger partial charge in [0.15, 0.2) is 0 Å². The molecule has 0 saturated heterocycles. The Hall–Kier alpha value is -1.42. The average molecular weight is 457 g/mol. The first kappa shape index (κ1) is 24.7. The highest BCUT2D eigenvalue weighted by Gasteiger charge is 2.67. The molecule has 33 heavy (non-hydrogen) atoms. The van der Waals surface area contributed by atoms with Gasteiger partial charge < -0.3 is 9.84 Å². The fourth-order valence-corrected chi connectivity index (χ4v) is 8.72. The van der Waals surface area contributed by atoms with Gasteiger partial charge in [-0.1, -0.05) is 52.8 Å². The van der Waals surface area contributed by atoms with Crippen LogP contribution < -0.4 is 0 Å².